The zero-order valence-electron chi connectivity index (χ0n) is 16.8. The molecule has 2 aromatic rings. The van der Waals surface area contributed by atoms with Crippen molar-refractivity contribution in [1.82, 2.24) is 9.88 Å². The molecule has 1 aromatic carbocycles. The molecule has 1 atom stereocenters. The molecule has 4 rings (SSSR count). The summed E-state index contributed by atoms with van der Waals surface area (Å²) in [6, 6.07) is 15.1. The van der Waals surface area contributed by atoms with E-state index in [2.05, 4.69) is 39.0 Å². The lowest BCUT2D eigenvalue weighted by Crippen LogP contribution is -2.50. The SMILES string of the molecule is COc1ccc(N2CCC(N3CCCC(OCc4ccccn4)C3)CC2)cc1. The number of pyridine rings is 1. The predicted molar refractivity (Wildman–Crippen MR) is 112 cm³/mol. The van der Waals surface area contributed by atoms with Gasteiger partial charge < -0.3 is 14.4 Å². The van der Waals surface area contributed by atoms with E-state index >= 15 is 0 Å². The highest BCUT2D eigenvalue weighted by Crippen LogP contribution is 2.26. The predicted octanol–water partition coefficient (Wildman–Crippen LogP) is 3.74. The van der Waals surface area contributed by atoms with Crippen molar-refractivity contribution in [3.05, 3.63) is 54.4 Å². The normalized spacial score (nSPS) is 21.6. The Morgan fingerprint density at radius 2 is 1.82 bits per heavy atom. The van der Waals surface area contributed by atoms with Crippen LogP contribution in [0.2, 0.25) is 0 Å². The first-order valence-electron chi connectivity index (χ1n) is 10.5. The highest BCUT2D eigenvalue weighted by atomic mass is 16.5. The average molecular weight is 382 g/mol. The standard InChI is InChI=1S/C23H31N3O2/c1-27-22-9-7-20(8-10-22)25-15-11-21(12-16-25)26-14-4-6-23(17-26)28-18-19-5-2-3-13-24-19/h2-3,5,7-10,13,21,23H,4,6,11-12,14-18H2,1H3. The Morgan fingerprint density at radius 3 is 2.54 bits per heavy atom. The smallest absolute Gasteiger partial charge is 0.119 e. The lowest BCUT2D eigenvalue weighted by atomic mass is 9.98. The van der Waals surface area contributed by atoms with Crippen molar-refractivity contribution in [2.45, 2.75) is 44.4 Å². The molecule has 0 saturated carbocycles. The molecule has 2 fully saturated rings. The molecule has 5 nitrogen and oxygen atoms in total. The maximum absolute atomic E-state index is 6.18. The van der Waals surface area contributed by atoms with Crippen LogP contribution in [0.25, 0.3) is 0 Å². The van der Waals surface area contributed by atoms with E-state index in [0.717, 1.165) is 37.5 Å². The van der Waals surface area contributed by atoms with Gasteiger partial charge in [-0.2, -0.15) is 0 Å². The molecule has 0 amide bonds. The summed E-state index contributed by atoms with van der Waals surface area (Å²) in [6.07, 6.45) is 7.00. The lowest BCUT2D eigenvalue weighted by Gasteiger charge is -2.42. The van der Waals surface area contributed by atoms with Gasteiger partial charge in [0.2, 0.25) is 0 Å². The third kappa shape index (κ3) is 4.83. The van der Waals surface area contributed by atoms with Gasteiger partial charge in [-0.1, -0.05) is 6.07 Å². The number of nitrogens with zero attached hydrogens (tertiary/aromatic N) is 3. The van der Waals surface area contributed by atoms with E-state index in [9.17, 15) is 0 Å². The molecular formula is C23H31N3O2. The van der Waals surface area contributed by atoms with E-state index in [0.29, 0.717) is 18.8 Å². The third-order valence-electron chi connectivity index (χ3n) is 6.02. The summed E-state index contributed by atoms with van der Waals surface area (Å²) >= 11 is 0. The van der Waals surface area contributed by atoms with Crippen LogP contribution >= 0.6 is 0 Å². The van der Waals surface area contributed by atoms with Crippen LogP contribution in [0.4, 0.5) is 5.69 Å². The molecule has 0 radical (unpaired) electrons. The molecule has 0 spiro atoms. The van der Waals surface area contributed by atoms with Crippen molar-refractivity contribution in [3.63, 3.8) is 0 Å². The number of piperidine rings is 2. The van der Waals surface area contributed by atoms with E-state index in [1.54, 1.807) is 7.11 Å². The van der Waals surface area contributed by atoms with Gasteiger partial charge in [-0.15, -0.1) is 0 Å². The maximum atomic E-state index is 6.18. The quantitative estimate of drug-likeness (QED) is 0.762. The Morgan fingerprint density at radius 1 is 1.00 bits per heavy atom. The minimum Gasteiger partial charge on any atom is -0.497 e. The second-order valence-corrected chi connectivity index (χ2v) is 7.81. The third-order valence-corrected chi connectivity index (χ3v) is 6.02. The minimum atomic E-state index is 0.329. The summed E-state index contributed by atoms with van der Waals surface area (Å²) in [7, 11) is 1.71. The fraction of sp³-hybridized carbons (Fsp3) is 0.522. The molecule has 150 valence electrons. The van der Waals surface area contributed by atoms with Crippen molar-refractivity contribution < 1.29 is 9.47 Å². The zero-order chi connectivity index (χ0) is 19.2. The van der Waals surface area contributed by atoms with Gasteiger partial charge in [0, 0.05) is 37.6 Å². The number of hydrogen-bond acceptors (Lipinski definition) is 5. The molecule has 2 saturated heterocycles. The highest BCUT2D eigenvalue weighted by molar-refractivity contribution is 5.49. The first-order chi connectivity index (χ1) is 13.8. The molecule has 2 aliphatic heterocycles. The van der Waals surface area contributed by atoms with E-state index in [4.69, 9.17) is 9.47 Å². The monoisotopic (exact) mass is 381 g/mol. The van der Waals surface area contributed by atoms with Crippen molar-refractivity contribution in [2.75, 3.05) is 38.2 Å². The van der Waals surface area contributed by atoms with Crippen LogP contribution in [0, 0.1) is 0 Å². The molecule has 0 N–H and O–H groups in total. The molecule has 0 aliphatic carbocycles. The van der Waals surface area contributed by atoms with Crippen LogP contribution in [0.5, 0.6) is 5.75 Å². The lowest BCUT2D eigenvalue weighted by molar-refractivity contribution is -0.0251. The summed E-state index contributed by atoms with van der Waals surface area (Å²) in [5, 5.41) is 0. The fourth-order valence-electron chi connectivity index (χ4n) is 4.40. The summed E-state index contributed by atoms with van der Waals surface area (Å²) in [5.41, 5.74) is 2.32. The maximum Gasteiger partial charge on any atom is 0.119 e. The average Bonchev–Trinajstić information content (AvgIpc) is 2.79. The van der Waals surface area contributed by atoms with Gasteiger partial charge in [-0.25, -0.2) is 0 Å². The first kappa shape index (κ1) is 19.2. The van der Waals surface area contributed by atoms with Crippen LogP contribution in [0.3, 0.4) is 0 Å². The second-order valence-electron chi connectivity index (χ2n) is 7.81. The van der Waals surface area contributed by atoms with Crippen molar-refractivity contribution in [2.24, 2.45) is 0 Å². The van der Waals surface area contributed by atoms with Crippen molar-refractivity contribution in [1.29, 1.82) is 0 Å². The van der Waals surface area contributed by atoms with Crippen LogP contribution in [0.1, 0.15) is 31.4 Å². The Balaban J connectivity index is 1.25. The Bertz CT molecular complexity index is 714. The molecule has 1 unspecified atom stereocenters. The summed E-state index contributed by atoms with van der Waals surface area (Å²) in [5.74, 6) is 0.920. The summed E-state index contributed by atoms with van der Waals surface area (Å²) in [4.78, 5) is 9.53. The second kappa shape index (κ2) is 9.39. The number of likely N-dealkylation sites (tertiary alicyclic amines) is 1. The van der Waals surface area contributed by atoms with Crippen molar-refractivity contribution >= 4 is 5.69 Å². The first-order valence-corrected chi connectivity index (χ1v) is 10.5. The highest BCUT2D eigenvalue weighted by Gasteiger charge is 2.29. The van der Waals surface area contributed by atoms with Crippen molar-refractivity contribution in [3.8, 4) is 5.75 Å². The number of methoxy groups -OCH3 is 1. The number of rotatable bonds is 6. The number of ether oxygens (including phenoxy) is 2. The van der Waals surface area contributed by atoms with Gasteiger partial charge in [-0.3, -0.25) is 9.88 Å². The molecule has 0 bridgehead atoms. The van der Waals surface area contributed by atoms with Gasteiger partial charge in [0.15, 0.2) is 0 Å². The number of aromatic nitrogens is 1. The van der Waals surface area contributed by atoms with Crippen LogP contribution in [-0.2, 0) is 11.3 Å². The van der Waals surface area contributed by atoms with Gasteiger partial charge in [0.05, 0.1) is 25.5 Å². The van der Waals surface area contributed by atoms with Gasteiger partial charge in [0.1, 0.15) is 5.75 Å². The van der Waals surface area contributed by atoms with Crippen LogP contribution in [0.15, 0.2) is 48.7 Å². The Hall–Kier alpha value is -2.11. The molecule has 1 aromatic heterocycles. The van der Waals surface area contributed by atoms with E-state index < -0.39 is 0 Å². The Kier molecular flexibility index (Phi) is 6.45. The van der Waals surface area contributed by atoms with Gasteiger partial charge >= 0.3 is 0 Å². The van der Waals surface area contributed by atoms with Crippen LogP contribution < -0.4 is 9.64 Å². The zero-order valence-corrected chi connectivity index (χ0v) is 16.8. The molecule has 2 aliphatic rings. The summed E-state index contributed by atoms with van der Waals surface area (Å²) in [6.45, 7) is 5.12. The minimum absolute atomic E-state index is 0.329. The van der Waals surface area contributed by atoms with Gasteiger partial charge in [0.25, 0.3) is 0 Å². The number of benzene rings is 1. The largest absolute Gasteiger partial charge is 0.497 e. The summed E-state index contributed by atoms with van der Waals surface area (Å²) < 4.78 is 11.4. The van der Waals surface area contributed by atoms with E-state index in [1.807, 2.05) is 24.4 Å². The van der Waals surface area contributed by atoms with Gasteiger partial charge in [-0.05, 0) is 68.6 Å². The molecule has 28 heavy (non-hydrogen) atoms. The van der Waals surface area contributed by atoms with Crippen LogP contribution in [-0.4, -0.2) is 55.3 Å². The van der Waals surface area contributed by atoms with E-state index in [1.165, 1.54) is 31.5 Å². The molecular weight excluding hydrogens is 350 g/mol. The molecule has 5 heteroatoms. The Labute approximate surface area is 168 Å². The number of anilines is 1. The number of hydrogen-bond donors (Lipinski definition) is 0. The topological polar surface area (TPSA) is 37.8 Å². The molecule has 3 heterocycles. The fourth-order valence-corrected chi connectivity index (χ4v) is 4.40. The van der Waals surface area contributed by atoms with E-state index in [-0.39, 0.29) is 0 Å².